The van der Waals surface area contributed by atoms with Crippen LogP contribution < -0.4 is 15.2 Å². The molecule has 2 heterocycles. The summed E-state index contributed by atoms with van der Waals surface area (Å²) >= 11 is 6.01. The van der Waals surface area contributed by atoms with Crippen molar-refractivity contribution in [2.75, 3.05) is 38.2 Å². The maximum absolute atomic E-state index is 13.6. The van der Waals surface area contributed by atoms with Crippen LogP contribution >= 0.6 is 11.6 Å². The highest BCUT2D eigenvalue weighted by atomic mass is 35.5. The highest BCUT2D eigenvalue weighted by molar-refractivity contribution is 6.30. The first-order valence-electron chi connectivity index (χ1n) is 11.0. The zero-order valence-corrected chi connectivity index (χ0v) is 19.4. The fourth-order valence-electron chi connectivity index (χ4n) is 4.30. The Balaban J connectivity index is 1.47. The maximum atomic E-state index is 13.6. The number of aromatic nitrogens is 2. The predicted octanol–water partition coefficient (Wildman–Crippen LogP) is 4.01. The zero-order chi connectivity index (χ0) is 23.7. The van der Waals surface area contributed by atoms with Crippen molar-refractivity contribution >= 4 is 34.0 Å². The van der Waals surface area contributed by atoms with Gasteiger partial charge in [-0.2, -0.15) is 9.78 Å². The second kappa shape index (κ2) is 9.19. The molecule has 1 aliphatic heterocycles. The number of nitrogens with zero attached hydrogens (tertiary/aromatic N) is 4. The summed E-state index contributed by atoms with van der Waals surface area (Å²) in [6.07, 6.45) is 0. The molecule has 1 aliphatic rings. The van der Waals surface area contributed by atoms with Crippen molar-refractivity contribution in [2.45, 2.75) is 0 Å². The van der Waals surface area contributed by atoms with Crippen LogP contribution in [0.4, 0.5) is 5.69 Å². The van der Waals surface area contributed by atoms with E-state index in [0.717, 1.165) is 11.4 Å². The lowest BCUT2D eigenvalue weighted by Crippen LogP contribution is -2.49. The molecule has 5 rings (SSSR count). The summed E-state index contributed by atoms with van der Waals surface area (Å²) in [5, 5.41) is 6.07. The monoisotopic (exact) mass is 474 g/mol. The van der Waals surface area contributed by atoms with E-state index in [4.69, 9.17) is 16.3 Å². The largest absolute Gasteiger partial charge is 0.495 e. The summed E-state index contributed by atoms with van der Waals surface area (Å²) in [4.78, 5) is 30.8. The minimum atomic E-state index is -0.282. The molecule has 0 N–H and O–H groups in total. The van der Waals surface area contributed by atoms with Crippen LogP contribution in [0.25, 0.3) is 16.5 Å². The van der Waals surface area contributed by atoms with E-state index in [1.165, 1.54) is 4.68 Å². The Hall–Kier alpha value is -3.84. The van der Waals surface area contributed by atoms with Gasteiger partial charge in [0.05, 0.1) is 23.9 Å². The summed E-state index contributed by atoms with van der Waals surface area (Å²) in [6, 6.07) is 21.8. The number of piperazine rings is 1. The Bertz CT molecular complexity index is 1410. The summed E-state index contributed by atoms with van der Waals surface area (Å²) in [5.74, 6) is 0.614. The van der Waals surface area contributed by atoms with E-state index in [0.29, 0.717) is 47.7 Å². The van der Waals surface area contributed by atoms with E-state index >= 15 is 0 Å². The molecule has 0 unspecified atom stereocenters. The topological polar surface area (TPSA) is 67.7 Å². The molecular formula is C26H23ClN4O3. The van der Waals surface area contributed by atoms with Crippen LogP contribution in [-0.2, 0) is 0 Å². The number of benzene rings is 3. The molecule has 0 atom stereocenters. The molecule has 3 aromatic carbocycles. The molecule has 0 radical (unpaired) electrons. The Kier molecular flexibility index (Phi) is 5.94. The van der Waals surface area contributed by atoms with Gasteiger partial charge in [-0.3, -0.25) is 9.59 Å². The zero-order valence-electron chi connectivity index (χ0n) is 18.6. The summed E-state index contributed by atoms with van der Waals surface area (Å²) in [7, 11) is 1.66. The Morgan fingerprint density at radius 2 is 1.53 bits per heavy atom. The molecule has 7 nitrogen and oxygen atoms in total. The number of carbonyl (C=O) groups excluding carboxylic acids is 1. The van der Waals surface area contributed by atoms with Crippen LogP contribution in [-0.4, -0.2) is 53.9 Å². The molecule has 1 amide bonds. The van der Waals surface area contributed by atoms with Gasteiger partial charge in [-0.1, -0.05) is 41.9 Å². The van der Waals surface area contributed by atoms with Gasteiger partial charge in [-0.25, -0.2) is 0 Å². The smallest absolute Gasteiger partial charge is 0.279 e. The number of methoxy groups -OCH3 is 1. The van der Waals surface area contributed by atoms with Gasteiger partial charge in [0.2, 0.25) is 0 Å². The van der Waals surface area contributed by atoms with Crippen molar-refractivity contribution in [3.8, 4) is 11.4 Å². The van der Waals surface area contributed by atoms with Crippen molar-refractivity contribution in [1.82, 2.24) is 14.7 Å². The first kappa shape index (κ1) is 22.0. The molecule has 4 aromatic rings. The van der Waals surface area contributed by atoms with Gasteiger partial charge >= 0.3 is 0 Å². The molecule has 8 heteroatoms. The third kappa shape index (κ3) is 3.99. The van der Waals surface area contributed by atoms with E-state index < -0.39 is 0 Å². The number of halogens is 1. The van der Waals surface area contributed by atoms with Crippen LogP contribution in [0.5, 0.6) is 5.75 Å². The number of hydrogen-bond donors (Lipinski definition) is 0. The van der Waals surface area contributed by atoms with Gasteiger partial charge in [0.1, 0.15) is 5.75 Å². The maximum Gasteiger partial charge on any atom is 0.279 e. The molecule has 0 saturated carbocycles. The normalized spacial score (nSPS) is 13.8. The Morgan fingerprint density at radius 1 is 0.882 bits per heavy atom. The van der Waals surface area contributed by atoms with Gasteiger partial charge in [0, 0.05) is 36.6 Å². The van der Waals surface area contributed by atoms with Gasteiger partial charge in [0.25, 0.3) is 11.5 Å². The molecule has 1 saturated heterocycles. The lowest BCUT2D eigenvalue weighted by atomic mass is 10.1. The predicted molar refractivity (Wildman–Crippen MR) is 133 cm³/mol. The van der Waals surface area contributed by atoms with Gasteiger partial charge < -0.3 is 14.5 Å². The second-order valence-corrected chi connectivity index (χ2v) is 8.48. The quantitative estimate of drug-likeness (QED) is 0.447. The summed E-state index contributed by atoms with van der Waals surface area (Å²) < 4.78 is 6.77. The average Bonchev–Trinajstić information content (AvgIpc) is 2.89. The highest BCUT2D eigenvalue weighted by Gasteiger charge is 2.27. The van der Waals surface area contributed by atoms with E-state index in [-0.39, 0.29) is 17.2 Å². The third-order valence-corrected chi connectivity index (χ3v) is 6.32. The number of rotatable bonds is 4. The van der Waals surface area contributed by atoms with Crippen molar-refractivity contribution in [2.24, 2.45) is 0 Å². The number of hydrogen-bond acceptors (Lipinski definition) is 5. The fourth-order valence-corrected chi connectivity index (χ4v) is 4.42. The summed E-state index contributed by atoms with van der Waals surface area (Å²) in [5.41, 5.74) is 1.54. The minimum absolute atomic E-state index is 0.196. The van der Waals surface area contributed by atoms with E-state index in [9.17, 15) is 9.59 Å². The molecule has 172 valence electrons. The second-order valence-electron chi connectivity index (χ2n) is 8.04. The first-order chi connectivity index (χ1) is 16.6. The lowest BCUT2D eigenvalue weighted by molar-refractivity contribution is 0.0741. The van der Waals surface area contributed by atoms with E-state index in [1.54, 1.807) is 54.5 Å². The van der Waals surface area contributed by atoms with Crippen LogP contribution in [0.3, 0.4) is 0 Å². The first-order valence-corrected chi connectivity index (χ1v) is 11.4. The number of amides is 1. The number of ether oxygens (including phenoxy) is 1. The average molecular weight is 475 g/mol. The molecule has 34 heavy (non-hydrogen) atoms. The van der Waals surface area contributed by atoms with Crippen molar-refractivity contribution in [1.29, 1.82) is 0 Å². The van der Waals surface area contributed by atoms with Crippen LogP contribution in [0.15, 0.2) is 77.6 Å². The van der Waals surface area contributed by atoms with Crippen LogP contribution in [0.1, 0.15) is 10.5 Å². The highest BCUT2D eigenvalue weighted by Crippen LogP contribution is 2.28. The standard InChI is InChI=1S/C26H23ClN4O3/c1-34-23-9-5-4-8-22(23)29-14-16-30(17-15-29)26(33)24-20-6-2-3-7-21(20)25(32)31(28-24)19-12-10-18(27)11-13-19/h2-13H,14-17H2,1H3. The third-order valence-electron chi connectivity index (χ3n) is 6.07. The van der Waals surface area contributed by atoms with E-state index in [2.05, 4.69) is 10.00 Å². The van der Waals surface area contributed by atoms with Crippen molar-refractivity contribution in [3.05, 3.63) is 93.9 Å². The van der Waals surface area contributed by atoms with E-state index in [1.807, 2.05) is 30.3 Å². The van der Waals surface area contributed by atoms with Gasteiger partial charge in [-0.05, 0) is 42.5 Å². The molecule has 0 aliphatic carbocycles. The molecule has 0 spiro atoms. The number of fused-ring (bicyclic) bond motifs is 1. The Labute approximate surface area is 201 Å². The number of para-hydroxylation sites is 2. The van der Waals surface area contributed by atoms with Crippen molar-refractivity contribution in [3.63, 3.8) is 0 Å². The SMILES string of the molecule is COc1ccccc1N1CCN(C(=O)c2nn(-c3ccc(Cl)cc3)c(=O)c3ccccc23)CC1. The molecule has 1 aromatic heterocycles. The summed E-state index contributed by atoms with van der Waals surface area (Å²) in [6.45, 7) is 2.40. The van der Waals surface area contributed by atoms with Gasteiger partial charge in [0.15, 0.2) is 5.69 Å². The fraction of sp³-hybridized carbons (Fsp3) is 0.192. The van der Waals surface area contributed by atoms with Crippen molar-refractivity contribution < 1.29 is 9.53 Å². The number of carbonyl (C=O) groups is 1. The molecule has 1 fully saturated rings. The Morgan fingerprint density at radius 3 is 2.24 bits per heavy atom. The van der Waals surface area contributed by atoms with Gasteiger partial charge in [-0.15, -0.1) is 0 Å². The number of anilines is 1. The lowest BCUT2D eigenvalue weighted by Gasteiger charge is -2.36. The van der Waals surface area contributed by atoms with Crippen LogP contribution in [0.2, 0.25) is 5.02 Å². The molecular weight excluding hydrogens is 452 g/mol. The molecule has 0 bridgehead atoms. The minimum Gasteiger partial charge on any atom is -0.495 e. The van der Waals surface area contributed by atoms with Crippen LogP contribution in [0, 0.1) is 0 Å².